The lowest BCUT2D eigenvalue weighted by Gasteiger charge is -2.16. The molecule has 0 aliphatic carbocycles. The zero-order valence-electron chi connectivity index (χ0n) is 16.7. The van der Waals surface area contributed by atoms with Gasteiger partial charge in [0.05, 0.1) is 31.9 Å². The number of halogens is 1. The van der Waals surface area contributed by atoms with Crippen LogP contribution in [0, 0.1) is 0 Å². The zero-order valence-corrected chi connectivity index (χ0v) is 17.5. The highest BCUT2D eigenvalue weighted by Gasteiger charge is 2.15. The van der Waals surface area contributed by atoms with Gasteiger partial charge in [0, 0.05) is 19.4 Å². The lowest BCUT2D eigenvalue weighted by atomic mass is 10.2. The minimum atomic E-state index is -0.151. The van der Waals surface area contributed by atoms with Crippen molar-refractivity contribution in [2.75, 3.05) is 34.0 Å². The maximum Gasteiger partial charge on any atom is 0.254 e. The van der Waals surface area contributed by atoms with Crippen molar-refractivity contribution < 1.29 is 18.9 Å². The van der Waals surface area contributed by atoms with Crippen LogP contribution in [0.4, 0.5) is 0 Å². The highest BCUT2D eigenvalue weighted by Crippen LogP contribution is 2.37. The van der Waals surface area contributed by atoms with Crippen molar-refractivity contribution in [1.29, 1.82) is 0 Å². The van der Waals surface area contributed by atoms with Gasteiger partial charge in [-0.15, -0.1) is 0 Å². The molecule has 0 spiro atoms. The van der Waals surface area contributed by atoms with Gasteiger partial charge in [-0.1, -0.05) is 37.4 Å². The van der Waals surface area contributed by atoms with Crippen LogP contribution in [0.2, 0.25) is 5.02 Å². The molecule has 0 aliphatic rings. The van der Waals surface area contributed by atoms with Gasteiger partial charge < -0.3 is 23.5 Å². The number of methoxy groups -OCH3 is 2. The summed E-state index contributed by atoms with van der Waals surface area (Å²) in [7, 11) is 3.15. The fourth-order valence-electron chi connectivity index (χ4n) is 2.66. The molecule has 1 aromatic carbocycles. The average molecular weight is 410 g/mol. The Balaban J connectivity index is 2.14. The van der Waals surface area contributed by atoms with Crippen LogP contribution in [0.3, 0.4) is 0 Å². The number of benzene rings is 1. The third-order valence-corrected chi connectivity index (χ3v) is 4.63. The molecule has 0 N–H and O–H groups in total. The molecule has 0 aliphatic heterocycles. The number of hydrogen-bond donors (Lipinski definition) is 0. The highest BCUT2D eigenvalue weighted by atomic mass is 35.5. The molecule has 0 unspecified atom stereocenters. The molecule has 7 heteroatoms. The second-order valence-corrected chi connectivity index (χ2v) is 6.67. The quantitative estimate of drug-likeness (QED) is 0.493. The molecule has 0 fully saturated rings. The summed E-state index contributed by atoms with van der Waals surface area (Å²) in [5.74, 6) is 1.57. The Bertz CT molecular complexity index is 806. The molecule has 154 valence electrons. The molecular formula is C21H28ClNO5. The van der Waals surface area contributed by atoms with E-state index in [1.54, 1.807) is 37.1 Å². The van der Waals surface area contributed by atoms with E-state index < -0.39 is 0 Å². The lowest BCUT2D eigenvalue weighted by Crippen LogP contribution is -2.19. The molecule has 0 atom stereocenters. The number of pyridine rings is 1. The topological polar surface area (TPSA) is 58.9 Å². The van der Waals surface area contributed by atoms with Crippen LogP contribution in [0.25, 0.3) is 0 Å². The highest BCUT2D eigenvalue weighted by molar-refractivity contribution is 6.33. The molecule has 28 heavy (non-hydrogen) atoms. The molecule has 2 aromatic rings. The van der Waals surface area contributed by atoms with Gasteiger partial charge in [-0.3, -0.25) is 4.79 Å². The number of rotatable bonds is 12. The molecule has 6 nitrogen and oxygen atoms in total. The summed E-state index contributed by atoms with van der Waals surface area (Å²) >= 11 is 6.52. The summed E-state index contributed by atoms with van der Waals surface area (Å²) in [6.45, 7) is 3.85. The van der Waals surface area contributed by atoms with E-state index in [9.17, 15) is 4.79 Å². The number of nitrogens with zero attached hydrogens (tertiary/aromatic N) is 1. The van der Waals surface area contributed by atoms with E-state index in [0.717, 1.165) is 24.8 Å². The Morgan fingerprint density at radius 3 is 2.54 bits per heavy atom. The summed E-state index contributed by atoms with van der Waals surface area (Å²) in [5, 5.41) is 0.419. The maximum absolute atomic E-state index is 12.4. The Hall–Kier alpha value is -2.18. The van der Waals surface area contributed by atoms with E-state index in [2.05, 4.69) is 6.92 Å². The smallest absolute Gasteiger partial charge is 0.254 e. The molecule has 0 amide bonds. The van der Waals surface area contributed by atoms with Crippen LogP contribution in [0.5, 0.6) is 17.2 Å². The minimum Gasteiger partial charge on any atom is -0.493 e. The standard InChI is InChI=1S/C21H28ClNO5/c1-4-5-6-11-27-17-9-10-23(19(24)14-17)15-16-7-8-18(26-3)21(20(16)22)28-13-12-25-2/h7-10,14H,4-6,11-13,15H2,1-3H3. The van der Waals surface area contributed by atoms with Gasteiger partial charge in [-0.25, -0.2) is 0 Å². The largest absolute Gasteiger partial charge is 0.493 e. The summed E-state index contributed by atoms with van der Waals surface area (Å²) in [4.78, 5) is 12.4. The minimum absolute atomic E-state index is 0.151. The van der Waals surface area contributed by atoms with Gasteiger partial charge in [0.25, 0.3) is 5.56 Å². The monoisotopic (exact) mass is 409 g/mol. The predicted octanol–water partition coefficient (Wildman–Crippen LogP) is 4.15. The Morgan fingerprint density at radius 1 is 1.04 bits per heavy atom. The summed E-state index contributed by atoms with van der Waals surface area (Å²) in [6, 6.07) is 6.89. The first-order chi connectivity index (χ1) is 13.6. The van der Waals surface area contributed by atoms with Crippen LogP contribution >= 0.6 is 11.6 Å². The van der Waals surface area contributed by atoms with Gasteiger partial charge in [-0.05, 0) is 24.1 Å². The van der Waals surface area contributed by atoms with E-state index in [4.69, 9.17) is 30.5 Å². The van der Waals surface area contributed by atoms with Crippen molar-refractivity contribution in [3.05, 3.63) is 51.4 Å². The Morgan fingerprint density at radius 2 is 1.86 bits per heavy atom. The second-order valence-electron chi connectivity index (χ2n) is 6.30. The van der Waals surface area contributed by atoms with Crippen molar-refractivity contribution in [3.8, 4) is 17.2 Å². The number of ether oxygens (including phenoxy) is 4. The fraction of sp³-hybridized carbons (Fsp3) is 0.476. The van der Waals surface area contributed by atoms with E-state index in [0.29, 0.717) is 48.6 Å². The van der Waals surface area contributed by atoms with E-state index in [1.165, 1.54) is 6.07 Å². The first-order valence-corrected chi connectivity index (χ1v) is 9.78. The molecular weight excluding hydrogens is 382 g/mol. The molecule has 0 bridgehead atoms. The van der Waals surface area contributed by atoms with Crippen LogP contribution < -0.4 is 19.8 Å². The normalized spacial score (nSPS) is 10.7. The summed E-state index contributed by atoms with van der Waals surface area (Å²) in [5.41, 5.74) is 0.607. The predicted molar refractivity (Wildman–Crippen MR) is 110 cm³/mol. The summed E-state index contributed by atoms with van der Waals surface area (Å²) in [6.07, 6.45) is 4.93. The second kappa shape index (κ2) is 11.6. The van der Waals surface area contributed by atoms with Gasteiger partial charge in [-0.2, -0.15) is 0 Å². The SMILES string of the molecule is CCCCCOc1ccn(Cc2ccc(OC)c(OCCOC)c2Cl)c(=O)c1. The molecule has 1 aromatic heterocycles. The molecule has 2 rings (SSSR count). The Labute approximate surface area is 170 Å². The van der Waals surface area contributed by atoms with Crippen molar-refractivity contribution in [2.24, 2.45) is 0 Å². The molecule has 0 saturated heterocycles. The average Bonchev–Trinajstić information content (AvgIpc) is 2.70. The fourth-order valence-corrected chi connectivity index (χ4v) is 2.93. The summed E-state index contributed by atoms with van der Waals surface area (Å²) < 4.78 is 23.2. The molecule has 0 radical (unpaired) electrons. The van der Waals surface area contributed by atoms with Crippen LogP contribution in [0.1, 0.15) is 31.7 Å². The molecule has 1 heterocycles. The van der Waals surface area contributed by atoms with Gasteiger partial charge in [0.2, 0.25) is 0 Å². The number of unbranched alkanes of at least 4 members (excludes halogenated alkanes) is 2. The number of aromatic nitrogens is 1. The van der Waals surface area contributed by atoms with Crippen LogP contribution in [0.15, 0.2) is 35.3 Å². The Kier molecular flexibility index (Phi) is 9.17. The first kappa shape index (κ1) is 22.1. The third kappa shape index (κ3) is 6.17. The molecule has 0 saturated carbocycles. The van der Waals surface area contributed by atoms with Crippen molar-refractivity contribution in [1.82, 2.24) is 4.57 Å². The number of hydrogen-bond acceptors (Lipinski definition) is 5. The van der Waals surface area contributed by atoms with Crippen molar-refractivity contribution >= 4 is 11.6 Å². The zero-order chi connectivity index (χ0) is 20.4. The van der Waals surface area contributed by atoms with Gasteiger partial charge in [0.15, 0.2) is 11.5 Å². The van der Waals surface area contributed by atoms with Crippen molar-refractivity contribution in [2.45, 2.75) is 32.7 Å². The first-order valence-electron chi connectivity index (χ1n) is 9.41. The van der Waals surface area contributed by atoms with Gasteiger partial charge >= 0.3 is 0 Å². The third-order valence-electron chi connectivity index (χ3n) is 4.22. The van der Waals surface area contributed by atoms with E-state index >= 15 is 0 Å². The lowest BCUT2D eigenvalue weighted by molar-refractivity contribution is 0.144. The van der Waals surface area contributed by atoms with Crippen LogP contribution in [-0.2, 0) is 11.3 Å². The van der Waals surface area contributed by atoms with Crippen molar-refractivity contribution in [3.63, 3.8) is 0 Å². The maximum atomic E-state index is 12.4. The van der Waals surface area contributed by atoms with E-state index in [-0.39, 0.29) is 5.56 Å². The van der Waals surface area contributed by atoms with Gasteiger partial charge in [0.1, 0.15) is 12.4 Å². The van der Waals surface area contributed by atoms with Crippen LogP contribution in [-0.4, -0.2) is 38.6 Å². The van der Waals surface area contributed by atoms with E-state index in [1.807, 2.05) is 6.07 Å².